The van der Waals surface area contributed by atoms with Crippen LogP contribution in [0.3, 0.4) is 0 Å². The van der Waals surface area contributed by atoms with Crippen molar-refractivity contribution in [1.82, 2.24) is 10.2 Å². The quantitative estimate of drug-likeness (QED) is 0.740. The minimum absolute atomic E-state index is 0.168. The molecule has 0 aliphatic rings. The number of benzene rings is 1. The molecule has 4 N–H and O–H groups in total. The second-order valence-corrected chi connectivity index (χ2v) is 6.07. The van der Waals surface area contributed by atoms with Gasteiger partial charge in [0.05, 0.1) is 23.6 Å². The fraction of sp³-hybridized carbons (Fsp3) is 0.214. The van der Waals surface area contributed by atoms with E-state index in [-0.39, 0.29) is 11.4 Å². The van der Waals surface area contributed by atoms with Crippen LogP contribution in [-0.2, 0) is 10.0 Å². The molecule has 0 atom stereocenters. The first-order chi connectivity index (χ1) is 9.94. The molecule has 7 heteroatoms. The maximum atomic E-state index is 12.4. The largest absolute Gasteiger partial charge is 0.320 e. The van der Waals surface area contributed by atoms with Gasteiger partial charge in [-0.25, -0.2) is 8.42 Å². The number of nitrogens with two attached hydrogens (primary N) is 1. The lowest BCUT2D eigenvalue weighted by Gasteiger charge is -2.08. The number of aryl methyl sites for hydroxylation is 2. The summed E-state index contributed by atoms with van der Waals surface area (Å²) < 4.78 is 27.3. The molecular formula is C14H16N4O2S. The van der Waals surface area contributed by atoms with Crippen LogP contribution in [0.1, 0.15) is 17.0 Å². The molecule has 110 valence electrons. The summed E-state index contributed by atoms with van der Waals surface area (Å²) in [6.07, 6.45) is 0. The van der Waals surface area contributed by atoms with E-state index in [4.69, 9.17) is 5.73 Å². The van der Waals surface area contributed by atoms with Gasteiger partial charge in [-0.05, 0) is 32.0 Å². The minimum atomic E-state index is -3.69. The molecule has 1 aromatic carbocycles. The van der Waals surface area contributed by atoms with Crippen molar-refractivity contribution in [3.05, 3.63) is 41.2 Å². The van der Waals surface area contributed by atoms with E-state index >= 15 is 0 Å². The van der Waals surface area contributed by atoms with Crippen LogP contribution in [0.2, 0.25) is 0 Å². The summed E-state index contributed by atoms with van der Waals surface area (Å²) in [7, 11) is -3.69. The van der Waals surface area contributed by atoms with Gasteiger partial charge in [-0.1, -0.05) is 17.9 Å². The van der Waals surface area contributed by atoms with Crippen molar-refractivity contribution in [1.29, 1.82) is 0 Å². The van der Waals surface area contributed by atoms with E-state index in [1.807, 2.05) is 0 Å². The zero-order chi connectivity index (χ0) is 15.5. The van der Waals surface area contributed by atoms with E-state index in [0.29, 0.717) is 22.6 Å². The zero-order valence-electron chi connectivity index (χ0n) is 11.8. The van der Waals surface area contributed by atoms with Crippen LogP contribution >= 0.6 is 0 Å². The Hall–Kier alpha value is -2.30. The molecule has 1 aromatic heterocycles. The Morgan fingerprint density at radius 3 is 2.76 bits per heavy atom. The monoisotopic (exact) mass is 304 g/mol. The number of nitrogens with one attached hydrogen (secondary N) is 2. The molecule has 0 saturated heterocycles. The Bertz CT molecular complexity index is 793. The van der Waals surface area contributed by atoms with Gasteiger partial charge in [0.2, 0.25) is 0 Å². The number of nitrogens with zero attached hydrogens (tertiary/aromatic N) is 1. The van der Waals surface area contributed by atoms with E-state index in [2.05, 4.69) is 26.8 Å². The molecule has 2 rings (SSSR count). The second kappa shape index (κ2) is 5.99. The van der Waals surface area contributed by atoms with Gasteiger partial charge in [0, 0.05) is 5.56 Å². The highest BCUT2D eigenvalue weighted by Gasteiger charge is 2.22. The molecule has 6 nitrogen and oxygen atoms in total. The normalized spacial score (nSPS) is 10.8. The number of hydrogen-bond donors (Lipinski definition) is 3. The minimum Gasteiger partial charge on any atom is -0.320 e. The number of aromatic amines is 1. The van der Waals surface area contributed by atoms with Crippen LogP contribution < -0.4 is 10.5 Å². The predicted octanol–water partition coefficient (Wildman–Crippen LogP) is 1.14. The van der Waals surface area contributed by atoms with Crippen LogP contribution in [0.15, 0.2) is 29.2 Å². The van der Waals surface area contributed by atoms with Crippen molar-refractivity contribution in [2.75, 3.05) is 11.3 Å². The number of aromatic nitrogens is 2. The maximum Gasteiger partial charge on any atom is 0.265 e. The van der Waals surface area contributed by atoms with Crippen LogP contribution in [0.5, 0.6) is 0 Å². The van der Waals surface area contributed by atoms with Gasteiger partial charge in [-0.3, -0.25) is 9.82 Å². The van der Waals surface area contributed by atoms with E-state index in [9.17, 15) is 8.42 Å². The Morgan fingerprint density at radius 1 is 1.38 bits per heavy atom. The molecular weight excluding hydrogens is 288 g/mol. The van der Waals surface area contributed by atoms with Crippen LogP contribution in [-0.4, -0.2) is 25.2 Å². The average Bonchev–Trinajstić information content (AvgIpc) is 2.76. The van der Waals surface area contributed by atoms with E-state index in [0.717, 1.165) is 0 Å². The maximum absolute atomic E-state index is 12.4. The summed E-state index contributed by atoms with van der Waals surface area (Å²) in [4.78, 5) is 0.168. The molecule has 0 aliphatic heterocycles. The zero-order valence-corrected chi connectivity index (χ0v) is 12.6. The summed E-state index contributed by atoms with van der Waals surface area (Å²) >= 11 is 0. The molecule has 0 spiro atoms. The van der Waals surface area contributed by atoms with Gasteiger partial charge in [0.1, 0.15) is 4.90 Å². The molecule has 1 heterocycles. The molecule has 0 unspecified atom stereocenters. The lowest BCUT2D eigenvalue weighted by atomic mass is 10.2. The highest BCUT2D eigenvalue weighted by atomic mass is 32.2. The van der Waals surface area contributed by atoms with Gasteiger partial charge in [0.25, 0.3) is 10.0 Å². The Labute approximate surface area is 123 Å². The highest BCUT2D eigenvalue weighted by molar-refractivity contribution is 7.92. The standard InChI is InChI=1S/C14H16N4O2S/c1-10-14(11(2)17-16-10)21(19,20)18-13-7-3-5-12(9-13)6-4-8-15/h3,5,7,9,18H,8,15H2,1-2H3,(H,16,17). The van der Waals surface area contributed by atoms with Crippen molar-refractivity contribution in [2.24, 2.45) is 5.73 Å². The smallest absolute Gasteiger partial charge is 0.265 e. The summed E-state index contributed by atoms with van der Waals surface area (Å²) in [6, 6.07) is 6.84. The average molecular weight is 304 g/mol. The van der Waals surface area contributed by atoms with E-state index in [1.165, 1.54) is 0 Å². The third-order valence-electron chi connectivity index (χ3n) is 2.78. The van der Waals surface area contributed by atoms with Gasteiger partial charge in [-0.2, -0.15) is 5.10 Å². The van der Waals surface area contributed by atoms with E-state index < -0.39 is 10.0 Å². The van der Waals surface area contributed by atoms with Gasteiger partial charge >= 0.3 is 0 Å². The first kappa shape index (κ1) is 15.1. The Morgan fingerprint density at radius 2 is 2.14 bits per heavy atom. The second-order valence-electron chi connectivity index (χ2n) is 4.46. The van der Waals surface area contributed by atoms with Gasteiger partial charge in [-0.15, -0.1) is 0 Å². The summed E-state index contributed by atoms with van der Waals surface area (Å²) in [5.74, 6) is 5.59. The van der Waals surface area contributed by atoms with Gasteiger partial charge < -0.3 is 5.73 Å². The number of H-pyrrole nitrogens is 1. The molecule has 0 bridgehead atoms. The SMILES string of the molecule is Cc1n[nH]c(C)c1S(=O)(=O)Nc1cccc(C#CCN)c1. The first-order valence-corrected chi connectivity index (χ1v) is 7.76. The van der Waals surface area contributed by atoms with Crippen molar-refractivity contribution in [3.63, 3.8) is 0 Å². The predicted molar refractivity (Wildman–Crippen MR) is 81.2 cm³/mol. The molecule has 2 aromatic rings. The lowest BCUT2D eigenvalue weighted by Crippen LogP contribution is -2.14. The third kappa shape index (κ3) is 3.42. The molecule has 21 heavy (non-hydrogen) atoms. The van der Waals surface area contributed by atoms with Crippen molar-refractivity contribution in [2.45, 2.75) is 18.7 Å². The van der Waals surface area contributed by atoms with E-state index in [1.54, 1.807) is 38.1 Å². The van der Waals surface area contributed by atoms with Crippen molar-refractivity contribution in [3.8, 4) is 11.8 Å². The molecule has 0 amide bonds. The summed E-state index contributed by atoms with van der Waals surface area (Å²) in [5, 5.41) is 6.56. The lowest BCUT2D eigenvalue weighted by molar-refractivity contribution is 0.600. The van der Waals surface area contributed by atoms with Crippen molar-refractivity contribution >= 4 is 15.7 Å². The van der Waals surface area contributed by atoms with Crippen LogP contribution in [0.25, 0.3) is 0 Å². The molecule has 0 fully saturated rings. The topological polar surface area (TPSA) is 101 Å². The fourth-order valence-corrected chi connectivity index (χ4v) is 3.38. The fourth-order valence-electron chi connectivity index (χ4n) is 1.96. The molecule has 0 saturated carbocycles. The number of anilines is 1. The van der Waals surface area contributed by atoms with Crippen LogP contribution in [0.4, 0.5) is 5.69 Å². The first-order valence-electron chi connectivity index (χ1n) is 6.27. The van der Waals surface area contributed by atoms with Gasteiger partial charge in [0.15, 0.2) is 0 Å². The Balaban J connectivity index is 2.33. The highest BCUT2D eigenvalue weighted by Crippen LogP contribution is 2.21. The van der Waals surface area contributed by atoms with Crippen molar-refractivity contribution < 1.29 is 8.42 Å². The summed E-state index contributed by atoms with van der Waals surface area (Å²) in [6.45, 7) is 3.56. The van der Waals surface area contributed by atoms with Crippen LogP contribution in [0, 0.1) is 25.7 Å². The molecule has 0 radical (unpaired) electrons. The molecule has 0 aliphatic carbocycles. The summed E-state index contributed by atoms with van der Waals surface area (Å²) in [5.41, 5.74) is 7.39. The third-order valence-corrected chi connectivity index (χ3v) is 4.42. The number of sulfonamides is 1. The Kier molecular flexibility index (Phi) is 4.31. The number of hydrogen-bond acceptors (Lipinski definition) is 4. The number of rotatable bonds is 3.